The van der Waals surface area contributed by atoms with E-state index in [1.165, 1.54) is 11.0 Å². The van der Waals surface area contributed by atoms with Crippen LogP contribution in [-0.2, 0) is 11.0 Å². The third-order valence-corrected chi connectivity index (χ3v) is 6.08. The average molecular weight is 512 g/mol. The number of likely N-dealkylation sites (tertiary alicyclic amines) is 1. The number of pyridine rings is 1. The SMILES string of the molecule is Cc1cc(C(=O)O)ccc1-c1ccc(NC(=O)[C@H]2CCCN2C(=O)Nc2ccc(C(F)(F)F)cc2)nc1. The number of nitrogens with one attached hydrogen (secondary N) is 2. The number of benzene rings is 2. The summed E-state index contributed by atoms with van der Waals surface area (Å²) in [5.74, 6) is -1.16. The van der Waals surface area contributed by atoms with Gasteiger partial charge in [0.25, 0.3) is 0 Å². The Kier molecular flexibility index (Phi) is 7.14. The minimum absolute atomic E-state index is 0.182. The molecule has 3 amide bonds. The molecule has 37 heavy (non-hydrogen) atoms. The maximum absolute atomic E-state index is 12.9. The highest BCUT2D eigenvalue weighted by atomic mass is 19.4. The van der Waals surface area contributed by atoms with Crippen molar-refractivity contribution in [3.63, 3.8) is 0 Å². The summed E-state index contributed by atoms with van der Waals surface area (Å²) in [6.45, 7) is 2.12. The second kappa shape index (κ2) is 10.3. The molecule has 11 heteroatoms. The Hall–Kier alpha value is -4.41. The van der Waals surface area contributed by atoms with Crippen molar-refractivity contribution in [2.45, 2.75) is 32.0 Å². The summed E-state index contributed by atoms with van der Waals surface area (Å²) < 4.78 is 38.2. The first-order valence-electron chi connectivity index (χ1n) is 11.4. The normalized spacial score (nSPS) is 15.4. The first-order valence-corrected chi connectivity index (χ1v) is 11.4. The van der Waals surface area contributed by atoms with Gasteiger partial charge in [0.2, 0.25) is 5.91 Å². The van der Waals surface area contributed by atoms with E-state index in [1.807, 2.05) is 0 Å². The van der Waals surface area contributed by atoms with Gasteiger partial charge in [0.05, 0.1) is 11.1 Å². The third-order valence-electron chi connectivity index (χ3n) is 6.08. The van der Waals surface area contributed by atoms with Gasteiger partial charge < -0.3 is 20.6 Å². The summed E-state index contributed by atoms with van der Waals surface area (Å²) in [6.07, 6.45) is -1.89. The lowest BCUT2D eigenvalue weighted by atomic mass is 10.00. The van der Waals surface area contributed by atoms with Crippen LogP contribution in [0.4, 0.5) is 29.5 Å². The number of urea groups is 1. The predicted octanol–water partition coefficient (Wildman–Crippen LogP) is 5.41. The number of halogens is 3. The number of aryl methyl sites for hydroxylation is 1. The highest BCUT2D eigenvalue weighted by Crippen LogP contribution is 2.30. The standard InChI is InChI=1S/C26H23F3N4O4/c1-15-13-16(24(35)36)4-10-20(15)17-5-11-22(30-14-17)32-23(34)21-3-2-12-33(21)25(37)31-19-8-6-18(7-9-19)26(27,28)29/h4-11,13-14,21H,2-3,12H2,1H3,(H,31,37)(H,35,36)(H,30,32,34)/t21-/m1/s1. The molecule has 4 rings (SSSR count). The number of carboxylic acids is 1. The lowest BCUT2D eigenvalue weighted by molar-refractivity contribution is -0.137. The molecule has 3 aromatic rings. The molecule has 2 aromatic carbocycles. The number of rotatable bonds is 5. The quantitative estimate of drug-likeness (QED) is 0.423. The average Bonchev–Trinajstić information content (AvgIpc) is 3.35. The van der Waals surface area contributed by atoms with E-state index in [9.17, 15) is 27.6 Å². The molecule has 0 radical (unpaired) electrons. The van der Waals surface area contributed by atoms with E-state index in [1.54, 1.807) is 37.4 Å². The fraction of sp³-hybridized carbons (Fsp3) is 0.231. The van der Waals surface area contributed by atoms with Crippen molar-refractivity contribution in [2.24, 2.45) is 0 Å². The summed E-state index contributed by atoms with van der Waals surface area (Å²) in [4.78, 5) is 42.4. The zero-order chi connectivity index (χ0) is 26.7. The molecule has 1 aliphatic rings. The Labute approximate surface area is 210 Å². The Morgan fingerprint density at radius 1 is 1.03 bits per heavy atom. The molecule has 1 fully saturated rings. The van der Waals surface area contributed by atoms with Crippen LogP contribution in [0.2, 0.25) is 0 Å². The maximum Gasteiger partial charge on any atom is 0.416 e. The van der Waals surface area contributed by atoms with Gasteiger partial charge in [-0.3, -0.25) is 4.79 Å². The van der Waals surface area contributed by atoms with Crippen molar-refractivity contribution in [2.75, 3.05) is 17.2 Å². The molecule has 8 nitrogen and oxygen atoms in total. The summed E-state index contributed by atoms with van der Waals surface area (Å²) in [6, 6.07) is 10.9. The predicted molar refractivity (Wildman–Crippen MR) is 130 cm³/mol. The highest BCUT2D eigenvalue weighted by Gasteiger charge is 2.35. The van der Waals surface area contributed by atoms with E-state index in [-0.39, 0.29) is 17.1 Å². The molecule has 3 N–H and O–H groups in total. The minimum atomic E-state index is -4.48. The molecule has 1 atom stereocenters. The number of aromatic carboxylic acids is 1. The third kappa shape index (κ3) is 5.88. The summed E-state index contributed by atoms with van der Waals surface area (Å²) >= 11 is 0. The number of carbonyl (C=O) groups is 3. The van der Waals surface area contributed by atoms with E-state index in [2.05, 4.69) is 15.6 Å². The lowest BCUT2D eigenvalue weighted by Gasteiger charge is -2.24. The van der Waals surface area contributed by atoms with Crippen LogP contribution in [0.25, 0.3) is 11.1 Å². The molecule has 0 aliphatic carbocycles. The van der Waals surface area contributed by atoms with Gasteiger partial charge in [-0.2, -0.15) is 13.2 Å². The first-order chi connectivity index (χ1) is 17.5. The second-order valence-corrected chi connectivity index (χ2v) is 8.61. The Bertz CT molecular complexity index is 1330. The van der Waals surface area contributed by atoms with Crippen LogP contribution in [0.5, 0.6) is 0 Å². The monoisotopic (exact) mass is 512 g/mol. The van der Waals surface area contributed by atoms with Crippen LogP contribution >= 0.6 is 0 Å². The van der Waals surface area contributed by atoms with Crippen molar-refractivity contribution in [1.82, 2.24) is 9.88 Å². The molecule has 0 saturated carbocycles. The smallest absolute Gasteiger partial charge is 0.416 e. The van der Waals surface area contributed by atoms with Crippen molar-refractivity contribution in [3.05, 3.63) is 77.5 Å². The molecule has 2 heterocycles. The number of carboxylic acid groups (broad SMARTS) is 1. The van der Waals surface area contributed by atoms with E-state index in [4.69, 9.17) is 5.11 Å². The van der Waals surface area contributed by atoms with Crippen LogP contribution in [0.1, 0.15) is 34.3 Å². The largest absolute Gasteiger partial charge is 0.478 e. The summed E-state index contributed by atoms with van der Waals surface area (Å²) in [5.41, 5.74) is 1.85. The van der Waals surface area contributed by atoms with Gasteiger partial charge in [-0.05, 0) is 79.4 Å². The van der Waals surface area contributed by atoms with Gasteiger partial charge in [0.15, 0.2) is 0 Å². The van der Waals surface area contributed by atoms with Gasteiger partial charge in [0, 0.05) is 24.0 Å². The molecular formula is C26H23F3N4O4. The Morgan fingerprint density at radius 2 is 1.76 bits per heavy atom. The first kappa shape index (κ1) is 25.7. The fourth-order valence-corrected chi connectivity index (χ4v) is 4.18. The van der Waals surface area contributed by atoms with Crippen LogP contribution in [0.15, 0.2) is 60.8 Å². The fourth-order valence-electron chi connectivity index (χ4n) is 4.18. The van der Waals surface area contributed by atoms with E-state index < -0.39 is 35.7 Å². The molecule has 1 aliphatic heterocycles. The zero-order valence-corrected chi connectivity index (χ0v) is 19.7. The van der Waals surface area contributed by atoms with Crippen LogP contribution in [0.3, 0.4) is 0 Å². The topological polar surface area (TPSA) is 112 Å². The number of aromatic nitrogens is 1. The lowest BCUT2D eigenvalue weighted by Crippen LogP contribution is -2.45. The Balaban J connectivity index is 1.39. The van der Waals surface area contributed by atoms with Gasteiger partial charge in [-0.15, -0.1) is 0 Å². The molecular weight excluding hydrogens is 489 g/mol. The van der Waals surface area contributed by atoms with Gasteiger partial charge in [0.1, 0.15) is 11.9 Å². The number of carbonyl (C=O) groups excluding carboxylic acids is 2. The number of nitrogens with zero attached hydrogens (tertiary/aromatic N) is 2. The Morgan fingerprint density at radius 3 is 2.35 bits per heavy atom. The minimum Gasteiger partial charge on any atom is -0.478 e. The molecule has 0 bridgehead atoms. The number of amides is 3. The van der Waals surface area contributed by atoms with Crippen LogP contribution < -0.4 is 10.6 Å². The molecule has 0 unspecified atom stereocenters. The highest BCUT2D eigenvalue weighted by molar-refractivity contribution is 5.99. The number of hydrogen-bond acceptors (Lipinski definition) is 4. The zero-order valence-electron chi connectivity index (χ0n) is 19.7. The number of anilines is 2. The second-order valence-electron chi connectivity index (χ2n) is 8.61. The molecule has 1 aromatic heterocycles. The van der Waals surface area contributed by atoms with E-state index in [0.29, 0.717) is 19.4 Å². The van der Waals surface area contributed by atoms with E-state index in [0.717, 1.165) is 41.0 Å². The van der Waals surface area contributed by atoms with Crippen LogP contribution in [-0.4, -0.2) is 45.5 Å². The molecule has 0 spiro atoms. The van der Waals surface area contributed by atoms with Crippen molar-refractivity contribution in [1.29, 1.82) is 0 Å². The maximum atomic E-state index is 12.9. The summed E-state index contributed by atoms with van der Waals surface area (Å²) in [7, 11) is 0. The van der Waals surface area contributed by atoms with Crippen LogP contribution in [0, 0.1) is 6.92 Å². The van der Waals surface area contributed by atoms with Crippen molar-refractivity contribution < 1.29 is 32.7 Å². The summed E-state index contributed by atoms with van der Waals surface area (Å²) in [5, 5.41) is 14.4. The van der Waals surface area contributed by atoms with Gasteiger partial charge >= 0.3 is 18.2 Å². The molecule has 1 saturated heterocycles. The van der Waals surface area contributed by atoms with Gasteiger partial charge in [-0.1, -0.05) is 6.07 Å². The molecule has 192 valence electrons. The van der Waals surface area contributed by atoms with Gasteiger partial charge in [-0.25, -0.2) is 14.6 Å². The van der Waals surface area contributed by atoms with Crippen molar-refractivity contribution >= 4 is 29.4 Å². The number of hydrogen-bond donors (Lipinski definition) is 3. The van der Waals surface area contributed by atoms with Crippen molar-refractivity contribution in [3.8, 4) is 11.1 Å². The van der Waals surface area contributed by atoms with E-state index >= 15 is 0 Å². The number of alkyl halides is 3.